The zero-order valence-corrected chi connectivity index (χ0v) is 10.2. The van der Waals surface area contributed by atoms with Gasteiger partial charge < -0.3 is 0 Å². The Labute approximate surface area is 107 Å². The molecule has 0 aliphatic rings. The molecule has 1 aromatic carbocycles. The molecule has 1 unspecified atom stereocenters. The van der Waals surface area contributed by atoms with E-state index in [1.165, 1.54) is 11.3 Å². The van der Waals surface area contributed by atoms with Crippen LogP contribution in [0.15, 0.2) is 35.7 Å². The molecule has 2 nitrogen and oxygen atoms in total. The first kappa shape index (κ1) is 12.7. The van der Waals surface area contributed by atoms with Gasteiger partial charge in [-0.1, -0.05) is 6.07 Å². The summed E-state index contributed by atoms with van der Waals surface area (Å²) in [6.07, 6.45) is 0. The molecule has 0 fully saturated rings. The molecule has 0 amide bonds. The van der Waals surface area contributed by atoms with Crippen LogP contribution in [-0.2, 0) is 6.54 Å². The molecule has 2 aromatic rings. The van der Waals surface area contributed by atoms with Gasteiger partial charge in [0.1, 0.15) is 17.7 Å². The summed E-state index contributed by atoms with van der Waals surface area (Å²) in [7, 11) is 0. The quantitative estimate of drug-likeness (QED) is 0.919. The second kappa shape index (κ2) is 5.71. The van der Waals surface area contributed by atoms with E-state index in [2.05, 4.69) is 5.32 Å². The fourth-order valence-corrected chi connectivity index (χ4v) is 2.23. The largest absolute Gasteiger partial charge is 0.293 e. The third-order valence-corrected chi connectivity index (χ3v) is 3.34. The summed E-state index contributed by atoms with van der Waals surface area (Å²) in [6.45, 7) is 0.450. The number of hydrogen-bond acceptors (Lipinski definition) is 3. The first-order valence-corrected chi connectivity index (χ1v) is 6.19. The zero-order valence-electron chi connectivity index (χ0n) is 9.36. The second-order valence-corrected chi connectivity index (χ2v) is 4.72. The lowest BCUT2D eigenvalue weighted by Gasteiger charge is -2.12. The molecule has 0 aliphatic heterocycles. The lowest BCUT2D eigenvalue weighted by atomic mass is 10.1. The highest BCUT2D eigenvalue weighted by atomic mass is 32.1. The first-order chi connectivity index (χ1) is 8.70. The van der Waals surface area contributed by atoms with Gasteiger partial charge in [0.15, 0.2) is 0 Å². The fourth-order valence-electron chi connectivity index (χ4n) is 1.58. The lowest BCUT2D eigenvalue weighted by molar-refractivity contribution is 0.549. The van der Waals surface area contributed by atoms with Crippen molar-refractivity contribution in [2.75, 3.05) is 0 Å². The van der Waals surface area contributed by atoms with E-state index in [0.717, 1.165) is 23.1 Å². The Kier molecular flexibility index (Phi) is 4.03. The maximum atomic E-state index is 13.5. The average molecular weight is 264 g/mol. The van der Waals surface area contributed by atoms with Crippen molar-refractivity contribution >= 4 is 11.3 Å². The normalized spacial score (nSPS) is 12.1. The molecule has 0 bridgehead atoms. The van der Waals surface area contributed by atoms with Gasteiger partial charge in [-0.25, -0.2) is 8.78 Å². The highest BCUT2D eigenvalue weighted by molar-refractivity contribution is 7.09. The summed E-state index contributed by atoms with van der Waals surface area (Å²) < 4.78 is 26.6. The Balaban J connectivity index is 2.13. The highest BCUT2D eigenvalue weighted by Crippen LogP contribution is 2.19. The molecule has 1 aromatic heterocycles. The molecule has 0 saturated heterocycles. The molecule has 1 heterocycles. The Bertz CT molecular complexity index is 561. The van der Waals surface area contributed by atoms with E-state index in [1.54, 1.807) is 0 Å². The van der Waals surface area contributed by atoms with E-state index < -0.39 is 17.7 Å². The minimum absolute atomic E-state index is 0.0362. The van der Waals surface area contributed by atoms with Gasteiger partial charge in [0.2, 0.25) is 0 Å². The van der Waals surface area contributed by atoms with E-state index in [0.29, 0.717) is 6.54 Å². The van der Waals surface area contributed by atoms with Crippen LogP contribution in [0.1, 0.15) is 16.5 Å². The molecule has 0 radical (unpaired) electrons. The first-order valence-electron chi connectivity index (χ1n) is 5.31. The van der Waals surface area contributed by atoms with Crippen molar-refractivity contribution in [3.63, 3.8) is 0 Å². The summed E-state index contributed by atoms with van der Waals surface area (Å²) in [4.78, 5) is 1.03. The minimum atomic E-state index is -0.859. The van der Waals surface area contributed by atoms with Crippen molar-refractivity contribution in [1.29, 1.82) is 5.26 Å². The average Bonchev–Trinajstić information content (AvgIpc) is 2.87. The number of thiophene rings is 1. The Morgan fingerprint density at radius 1 is 1.33 bits per heavy atom. The molecule has 5 heteroatoms. The van der Waals surface area contributed by atoms with Gasteiger partial charge in [-0.15, -0.1) is 11.3 Å². The van der Waals surface area contributed by atoms with Crippen LogP contribution < -0.4 is 5.32 Å². The smallest absolute Gasteiger partial charge is 0.129 e. The van der Waals surface area contributed by atoms with Gasteiger partial charge in [-0.2, -0.15) is 5.26 Å². The fraction of sp³-hybridized carbons (Fsp3) is 0.154. The maximum absolute atomic E-state index is 13.5. The molecule has 2 rings (SSSR count). The second-order valence-electron chi connectivity index (χ2n) is 3.69. The minimum Gasteiger partial charge on any atom is -0.293 e. The summed E-state index contributed by atoms with van der Waals surface area (Å²) in [5.74, 6) is -1.13. The van der Waals surface area contributed by atoms with Crippen LogP contribution in [0, 0.1) is 23.0 Å². The van der Waals surface area contributed by atoms with E-state index in [-0.39, 0.29) is 5.56 Å². The summed E-state index contributed by atoms with van der Waals surface area (Å²) in [5, 5.41) is 13.8. The van der Waals surface area contributed by atoms with E-state index in [4.69, 9.17) is 5.26 Å². The standard InChI is InChI=1S/C13H10F2N2S/c14-9-3-4-12(15)11(6-9)13(7-16)17-8-10-2-1-5-18-10/h1-6,13,17H,8H2. The molecule has 18 heavy (non-hydrogen) atoms. The zero-order chi connectivity index (χ0) is 13.0. The monoisotopic (exact) mass is 264 g/mol. The number of nitrogens with zero attached hydrogens (tertiary/aromatic N) is 1. The SMILES string of the molecule is N#CC(NCc1cccs1)c1cc(F)ccc1F. The van der Waals surface area contributed by atoms with Crippen LogP contribution in [0.5, 0.6) is 0 Å². The molecule has 92 valence electrons. The van der Waals surface area contributed by atoms with Crippen molar-refractivity contribution < 1.29 is 8.78 Å². The summed E-state index contributed by atoms with van der Waals surface area (Å²) in [5.41, 5.74) is 0.0362. The Morgan fingerprint density at radius 2 is 2.17 bits per heavy atom. The van der Waals surface area contributed by atoms with Crippen molar-refractivity contribution in [1.82, 2.24) is 5.32 Å². The third-order valence-electron chi connectivity index (χ3n) is 2.46. The van der Waals surface area contributed by atoms with Crippen LogP contribution in [0.3, 0.4) is 0 Å². The third kappa shape index (κ3) is 2.92. The maximum Gasteiger partial charge on any atom is 0.129 e. The van der Waals surface area contributed by atoms with Gasteiger partial charge in [-0.3, -0.25) is 5.32 Å². The van der Waals surface area contributed by atoms with Crippen LogP contribution in [0.25, 0.3) is 0 Å². The van der Waals surface area contributed by atoms with Crippen molar-refractivity contribution in [2.45, 2.75) is 12.6 Å². The van der Waals surface area contributed by atoms with Gasteiger partial charge >= 0.3 is 0 Å². The topological polar surface area (TPSA) is 35.8 Å². The molecule has 0 spiro atoms. The molecule has 1 atom stereocenters. The molecule has 0 aliphatic carbocycles. The molecular formula is C13H10F2N2S. The number of rotatable bonds is 4. The van der Waals surface area contributed by atoms with Crippen LogP contribution >= 0.6 is 11.3 Å². The van der Waals surface area contributed by atoms with Gasteiger partial charge in [0, 0.05) is 17.0 Å². The Morgan fingerprint density at radius 3 is 2.83 bits per heavy atom. The molecular weight excluding hydrogens is 254 g/mol. The lowest BCUT2D eigenvalue weighted by Crippen LogP contribution is -2.20. The number of nitriles is 1. The van der Waals surface area contributed by atoms with Crippen molar-refractivity contribution in [3.05, 3.63) is 57.8 Å². The summed E-state index contributed by atoms with van der Waals surface area (Å²) in [6, 6.07) is 7.99. The van der Waals surface area contributed by atoms with E-state index >= 15 is 0 Å². The highest BCUT2D eigenvalue weighted by Gasteiger charge is 2.15. The summed E-state index contributed by atoms with van der Waals surface area (Å²) >= 11 is 1.54. The van der Waals surface area contributed by atoms with Gasteiger partial charge in [0.25, 0.3) is 0 Å². The number of benzene rings is 1. The van der Waals surface area contributed by atoms with Crippen molar-refractivity contribution in [2.24, 2.45) is 0 Å². The van der Waals surface area contributed by atoms with Crippen molar-refractivity contribution in [3.8, 4) is 6.07 Å². The number of halogens is 2. The predicted octanol–water partition coefficient (Wildman–Crippen LogP) is 3.38. The van der Waals surface area contributed by atoms with Gasteiger partial charge in [0.05, 0.1) is 6.07 Å². The van der Waals surface area contributed by atoms with Crippen LogP contribution in [-0.4, -0.2) is 0 Å². The molecule has 0 saturated carbocycles. The van der Waals surface area contributed by atoms with Gasteiger partial charge in [-0.05, 0) is 29.6 Å². The van der Waals surface area contributed by atoms with Crippen LogP contribution in [0.2, 0.25) is 0 Å². The molecule has 1 N–H and O–H groups in total. The number of hydrogen-bond donors (Lipinski definition) is 1. The van der Waals surface area contributed by atoms with E-state index in [9.17, 15) is 8.78 Å². The Hall–Kier alpha value is -1.77. The van der Waals surface area contributed by atoms with Crippen LogP contribution in [0.4, 0.5) is 8.78 Å². The number of nitrogens with one attached hydrogen (secondary N) is 1. The predicted molar refractivity (Wildman–Crippen MR) is 65.9 cm³/mol. The van der Waals surface area contributed by atoms with E-state index in [1.807, 2.05) is 23.6 Å².